The molecule has 1 aromatic rings. The number of hydrogen-bond acceptors (Lipinski definition) is 3. The molecule has 4 nitrogen and oxygen atoms in total. The zero-order valence-corrected chi connectivity index (χ0v) is 14.3. The first kappa shape index (κ1) is 18.6. The molecule has 5 heteroatoms. The Morgan fingerprint density at radius 2 is 1.86 bits per heavy atom. The van der Waals surface area contributed by atoms with Gasteiger partial charge in [-0.3, -0.25) is 9.59 Å². The van der Waals surface area contributed by atoms with Gasteiger partial charge in [0.05, 0.1) is 11.5 Å². The minimum atomic E-state index is -0.0775. The van der Waals surface area contributed by atoms with Crippen molar-refractivity contribution in [3.05, 3.63) is 29.8 Å². The standard InChI is InChI=1S/C17H26N2O2S/c1-3-4-5-6-10-18-16(20)12-22-13-17(21)19-15-9-7-8-14(2)11-15/h7-9,11H,3-6,10,12-13H2,1-2H3,(H,18,20)(H,19,21). The molecule has 0 unspecified atom stereocenters. The fourth-order valence-corrected chi connectivity index (χ4v) is 2.63. The number of benzene rings is 1. The molecule has 0 radical (unpaired) electrons. The van der Waals surface area contributed by atoms with Gasteiger partial charge in [0.25, 0.3) is 0 Å². The maximum Gasteiger partial charge on any atom is 0.234 e. The first-order chi connectivity index (χ1) is 10.6. The molecule has 0 spiro atoms. The van der Waals surface area contributed by atoms with E-state index in [1.165, 1.54) is 24.6 Å². The lowest BCUT2D eigenvalue weighted by atomic mass is 10.2. The normalized spacial score (nSPS) is 10.3. The summed E-state index contributed by atoms with van der Waals surface area (Å²) in [5, 5.41) is 5.71. The second-order valence-electron chi connectivity index (χ2n) is 5.32. The van der Waals surface area contributed by atoms with E-state index in [0.29, 0.717) is 5.75 Å². The lowest BCUT2D eigenvalue weighted by Gasteiger charge is -2.07. The summed E-state index contributed by atoms with van der Waals surface area (Å²) in [5.41, 5.74) is 1.90. The first-order valence-electron chi connectivity index (χ1n) is 7.82. The zero-order chi connectivity index (χ0) is 16.2. The summed E-state index contributed by atoms with van der Waals surface area (Å²) in [5.74, 6) is 0.544. The van der Waals surface area contributed by atoms with Gasteiger partial charge in [-0.05, 0) is 31.0 Å². The van der Waals surface area contributed by atoms with Gasteiger partial charge in [0.1, 0.15) is 0 Å². The van der Waals surface area contributed by atoms with E-state index in [0.717, 1.165) is 30.6 Å². The minimum Gasteiger partial charge on any atom is -0.355 e. The highest BCUT2D eigenvalue weighted by molar-refractivity contribution is 8.00. The molecule has 0 fully saturated rings. The number of amides is 2. The number of anilines is 1. The number of thioether (sulfide) groups is 1. The largest absolute Gasteiger partial charge is 0.355 e. The highest BCUT2D eigenvalue weighted by Crippen LogP contribution is 2.10. The van der Waals surface area contributed by atoms with Gasteiger partial charge in [0.15, 0.2) is 0 Å². The van der Waals surface area contributed by atoms with E-state index in [1.54, 1.807) is 0 Å². The monoisotopic (exact) mass is 322 g/mol. The van der Waals surface area contributed by atoms with Crippen molar-refractivity contribution in [3.8, 4) is 0 Å². The van der Waals surface area contributed by atoms with Gasteiger partial charge < -0.3 is 10.6 Å². The van der Waals surface area contributed by atoms with Crippen LogP contribution < -0.4 is 10.6 Å². The maximum atomic E-state index is 11.8. The first-order valence-corrected chi connectivity index (χ1v) is 8.98. The van der Waals surface area contributed by atoms with Crippen molar-refractivity contribution < 1.29 is 9.59 Å². The highest BCUT2D eigenvalue weighted by Gasteiger charge is 2.06. The van der Waals surface area contributed by atoms with Gasteiger partial charge in [0, 0.05) is 12.2 Å². The Bertz CT molecular complexity index is 477. The van der Waals surface area contributed by atoms with Gasteiger partial charge in [-0.2, -0.15) is 0 Å². The molecule has 0 saturated heterocycles. The highest BCUT2D eigenvalue weighted by atomic mass is 32.2. The van der Waals surface area contributed by atoms with E-state index in [-0.39, 0.29) is 17.6 Å². The van der Waals surface area contributed by atoms with E-state index in [2.05, 4.69) is 17.6 Å². The van der Waals surface area contributed by atoms with Crippen LogP contribution in [0.25, 0.3) is 0 Å². The van der Waals surface area contributed by atoms with Crippen LogP contribution in [0.5, 0.6) is 0 Å². The molecule has 0 atom stereocenters. The van der Waals surface area contributed by atoms with Crippen molar-refractivity contribution in [3.63, 3.8) is 0 Å². The summed E-state index contributed by atoms with van der Waals surface area (Å²) >= 11 is 1.34. The fraction of sp³-hybridized carbons (Fsp3) is 0.529. The summed E-state index contributed by atoms with van der Waals surface area (Å²) < 4.78 is 0. The number of unbranched alkanes of at least 4 members (excludes halogenated alkanes) is 3. The average molecular weight is 322 g/mol. The zero-order valence-electron chi connectivity index (χ0n) is 13.5. The second-order valence-corrected chi connectivity index (χ2v) is 6.31. The van der Waals surface area contributed by atoms with Gasteiger partial charge in [-0.25, -0.2) is 0 Å². The summed E-state index contributed by atoms with van der Waals surface area (Å²) in [4.78, 5) is 23.4. The number of hydrogen-bond donors (Lipinski definition) is 2. The average Bonchev–Trinajstić information content (AvgIpc) is 2.47. The molecule has 1 aromatic carbocycles. The predicted molar refractivity (Wildman–Crippen MR) is 94.3 cm³/mol. The predicted octanol–water partition coefficient (Wildman–Crippen LogP) is 3.36. The van der Waals surface area contributed by atoms with Crippen LogP contribution in [0.4, 0.5) is 5.69 Å². The van der Waals surface area contributed by atoms with Crippen LogP contribution in [0, 0.1) is 6.92 Å². The number of nitrogens with one attached hydrogen (secondary N) is 2. The van der Waals surface area contributed by atoms with E-state index < -0.39 is 0 Å². The molecule has 0 aliphatic rings. The molecule has 122 valence electrons. The van der Waals surface area contributed by atoms with E-state index in [9.17, 15) is 9.59 Å². The molecule has 0 bridgehead atoms. The Morgan fingerprint density at radius 3 is 2.59 bits per heavy atom. The van der Waals surface area contributed by atoms with E-state index in [1.807, 2.05) is 31.2 Å². The molecule has 0 aromatic heterocycles. The maximum absolute atomic E-state index is 11.8. The molecule has 0 saturated carbocycles. The van der Waals surface area contributed by atoms with Crippen LogP contribution >= 0.6 is 11.8 Å². The molecular formula is C17H26N2O2S. The van der Waals surface area contributed by atoms with Crippen molar-refractivity contribution in [1.29, 1.82) is 0 Å². The van der Waals surface area contributed by atoms with Gasteiger partial charge >= 0.3 is 0 Å². The summed E-state index contributed by atoms with van der Waals surface area (Å²) in [7, 11) is 0. The molecular weight excluding hydrogens is 296 g/mol. The number of carbonyl (C=O) groups is 2. The van der Waals surface area contributed by atoms with Crippen LogP contribution in [0.15, 0.2) is 24.3 Å². The van der Waals surface area contributed by atoms with Crippen LogP contribution in [0.2, 0.25) is 0 Å². The van der Waals surface area contributed by atoms with Gasteiger partial charge in [-0.15, -0.1) is 11.8 Å². The van der Waals surface area contributed by atoms with Crippen molar-refractivity contribution in [2.24, 2.45) is 0 Å². The quantitative estimate of drug-likeness (QED) is 0.649. The SMILES string of the molecule is CCCCCCNC(=O)CSCC(=O)Nc1cccc(C)c1. The third kappa shape index (κ3) is 8.72. The smallest absolute Gasteiger partial charge is 0.234 e. The van der Waals surface area contributed by atoms with Crippen LogP contribution in [0.3, 0.4) is 0 Å². The number of rotatable bonds is 10. The minimum absolute atomic E-state index is 0.00449. The summed E-state index contributed by atoms with van der Waals surface area (Å²) in [6, 6.07) is 7.67. The molecule has 0 aliphatic heterocycles. The molecule has 2 amide bonds. The van der Waals surface area contributed by atoms with E-state index in [4.69, 9.17) is 0 Å². The lowest BCUT2D eigenvalue weighted by Crippen LogP contribution is -2.27. The molecule has 22 heavy (non-hydrogen) atoms. The molecule has 2 N–H and O–H groups in total. The van der Waals surface area contributed by atoms with Crippen molar-refractivity contribution in [2.75, 3.05) is 23.4 Å². The molecule has 0 heterocycles. The topological polar surface area (TPSA) is 58.2 Å². The second kappa shape index (κ2) is 11.1. The lowest BCUT2D eigenvalue weighted by molar-refractivity contribution is -0.118. The molecule has 1 rings (SSSR count). The van der Waals surface area contributed by atoms with Crippen molar-refractivity contribution in [2.45, 2.75) is 39.5 Å². The number of carbonyl (C=O) groups excluding carboxylic acids is 2. The van der Waals surface area contributed by atoms with E-state index >= 15 is 0 Å². The Labute approximate surface area is 137 Å². The Hall–Kier alpha value is -1.49. The Morgan fingerprint density at radius 1 is 1.09 bits per heavy atom. The van der Waals surface area contributed by atoms with Crippen LogP contribution in [-0.2, 0) is 9.59 Å². The summed E-state index contributed by atoms with van der Waals surface area (Å²) in [6.07, 6.45) is 4.59. The fourth-order valence-electron chi connectivity index (χ4n) is 1.99. The van der Waals surface area contributed by atoms with Gasteiger partial charge in [0.2, 0.25) is 11.8 Å². The van der Waals surface area contributed by atoms with Crippen LogP contribution in [-0.4, -0.2) is 29.9 Å². The van der Waals surface area contributed by atoms with Crippen LogP contribution in [0.1, 0.15) is 38.2 Å². The molecule has 0 aliphatic carbocycles. The third-order valence-electron chi connectivity index (χ3n) is 3.12. The summed E-state index contributed by atoms with van der Waals surface area (Å²) in [6.45, 7) is 4.88. The van der Waals surface area contributed by atoms with Gasteiger partial charge in [-0.1, -0.05) is 38.3 Å². The Kier molecular flexibility index (Phi) is 9.39. The van der Waals surface area contributed by atoms with Crippen molar-refractivity contribution >= 4 is 29.3 Å². The third-order valence-corrected chi connectivity index (χ3v) is 4.05. The van der Waals surface area contributed by atoms with Crippen molar-refractivity contribution in [1.82, 2.24) is 5.32 Å². The Balaban J connectivity index is 2.10. The number of aryl methyl sites for hydroxylation is 1.